The SMILES string of the molecule is O=C(O)C1C(Sc2ccccc2)C1(Cl)Cl. The summed E-state index contributed by atoms with van der Waals surface area (Å²) < 4.78 is -1.13. The molecule has 2 atom stereocenters. The van der Waals surface area contributed by atoms with E-state index in [2.05, 4.69) is 0 Å². The third-order valence-corrected chi connectivity index (χ3v) is 4.90. The van der Waals surface area contributed by atoms with Crippen molar-refractivity contribution in [3.8, 4) is 0 Å². The van der Waals surface area contributed by atoms with Crippen molar-refractivity contribution in [2.45, 2.75) is 14.5 Å². The summed E-state index contributed by atoms with van der Waals surface area (Å²) in [5.41, 5.74) is 0. The third-order valence-electron chi connectivity index (χ3n) is 2.26. The van der Waals surface area contributed by atoms with E-state index in [4.69, 9.17) is 28.3 Å². The van der Waals surface area contributed by atoms with Gasteiger partial charge in [0.05, 0.1) is 5.25 Å². The Hall–Kier alpha value is -0.380. The molecule has 0 saturated heterocycles. The lowest BCUT2D eigenvalue weighted by molar-refractivity contribution is -0.138. The molecule has 2 nitrogen and oxygen atoms in total. The summed E-state index contributed by atoms with van der Waals surface area (Å²) in [5.74, 6) is -1.61. The number of hydrogen-bond acceptors (Lipinski definition) is 2. The Bertz CT molecular complexity index is 380. The van der Waals surface area contributed by atoms with Crippen molar-refractivity contribution in [3.05, 3.63) is 30.3 Å². The molecule has 1 aromatic rings. The fourth-order valence-corrected chi connectivity index (χ4v) is 3.67. The summed E-state index contributed by atoms with van der Waals surface area (Å²) in [5, 5.41) is 8.59. The van der Waals surface area contributed by atoms with Gasteiger partial charge in [0.25, 0.3) is 0 Å². The summed E-state index contributed by atoms with van der Waals surface area (Å²) in [7, 11) is 0. The first-order chi connectivity index (χ1) is 7.03. The van der Waals surface area contributed by atoms with E-state index in [-0.39, 0.29) is 5.25 Å². The number of thioether (sulfide) groups is 1. The molecule has 1 saturated carbocycles. The third kappa shape index (κ3) is 2.10. The van der Waals surface area contributed by atoms with Crippen LogP contribution in [-0.4, -0.2) is 20.7 Å². The van der Waals surface area contributed by atoms with Gasteiger partial charge in [-0.05, 0) is 12.1 Å². The van der Waals surface area contributed by atoms with Crippen LogP contribution in [0.3, 0.4) is 0 Å². The summed E-state index contributed by atoms with van der Waals surface area (Å²) in [6.45, 7) is 0. The van der Waals surface area contributed by atoms with Crippen LogP contribution in [0, 0.1) is 5.92 Å². The molecule has 0 aliphatic heterocycles. The zero-order valence-electron chi connectivity index (χ0n) is 7.56. The Morgan fingerprint density at radius 3 is 2.40 bits per heavy atom. The molecule has 2 unspecified atom stereocenters. The van der Waals surface area contributed by atoms with Gasteiger partial charge in [-0.25, -0.2) is 0 Å². The lowest BCUT2D eigenvalue weighted by Crippen LogP contribution is -2.03. The monoisotopic (exact) mass is 262 g/mol. The molecule has 0 radical (unpaired) electrons. The molecule has 1 aromatic carbocycles. The highest BCUT2D eigenvalue weighted by molar-refractivity contribution is 8.00. The second-order valence-corrected chi connectivity index (χ2v) is 6.00. The predicted molar refractivity (Wildman–Crippen MR) is 61.6 cm³/mol. The Morgan fingerprint density at radius 1 is 1.33 bits per heavy atom. The molecule has 0 spiro atoms. The second kappa shape index (κ2) is 3.89. The molecular formula is C10H8Cl2O2S. The molecule has 0 amide bonds. The van der Waals surface area contributed by atoms with Crippen molar-refractivity contribution in [2.24, 2.45) is 5.92 Å². The number of benzene rings is 1. The van der Waals surface area contributed by atoms with E-state index >= 15 is 0 Å². The summed E-state index contributed by atoms with van der Waals surface area (Å²) in [6, 6.07) is 9.51. The minimum atomic E-state index is -1.13. The summed E-state index contributed by atoms with van der Waals surface area (Å²) in [6.07, 6.45) is 0. The number of carbonyl (C=O) groups is 1. The Balaban J connectivity index is 2.07. The minimum absolute atomic E-state index is 0.263. The molecule has 1 fully saturated rings. The molecule has 0 bridgehead atoms. The van der Waals surface area contributed by atoms with Crippen LogP contribution < -0.4 is 0 Å². The van der Waals surface area contributed by atoms with Gasteiger partial charge < -0.3 is 5.11 Å². The second-order valence-electron chi connectivity index (χ2n) is 3.34. The van der Waals surface area contributed by atoms with E-state index in [0.717, 1.165) is 4.90 Å². The van der Waals surface area contributed by atoms with Crippen LogP contribution in [0.1, 0.15) is 0 Å². The topological polar surface area (TPSA) is 37.3 Å². The van der Waals surface area contributed by atoms with Crippen LogP contribution >= 0.6 is 35.0 Å². The molecule has 15 heavy (non-hydrogen) atoms. The Kier molecular flexibility index (Phi) is 2.88. The molecule has 2 rings (SSSR count). The Morgan fingerprint density at radius 2 is 1.93 bits per heavy atom. The van der Waals surface area contributed by atoms with E-state index in [1.807, 2.05) is 30.3 Å². The average molecular weight is 263 g/mol. The summed E-state index contributed by atoms with van der Waals surface area (Å²) >= 11 is 13.2. The van der Waals surface area contributed by atoms with Gasteiger partial charge in [0, 0.05) is 4.90 Å². The van der Waals surface area contributed by atoms with E-state index in [9.17, 15) is 4.79 Å². The standard InChI is InChI=1S/C10H8Cl2O2S/c11-10(12)7(9(13)14)8(10)15-6-4-2-1-3-5-6/h1-5,7-8H,(H,13,14). The number of hydrogen-bond donors (Lipinski definition) is 1. The van der Waals surface area contributed by atoms with Gasteiger partial charge in [-0.1, -0.05) is 41.4 Å². The normalized spacial score (nSPS) is 27.3. The van der Waals surface area contributed by atoms with Crippen molar-refractivity contribution in [3.63, 3.8) is 0 Å². The van der Waals surface area contributed by atoms with Gasteiger partial charge in [0.1, 0.15) is 10.3 Å². The van der Waals surface area contributed by atoms with Crippen molar-refractivity contribution in [2.75, 3.05) is 0 Å². The van der Waals surface area contributed by atoms with E-state index in [0.29, 0.717) is 0 Å². The number of halogens is 2. The van der Waals surface area contributed by atoms with Gasteiger partial charge in [-0.3, -0.25) is 4.79 Å². The fraction of sp³-hybridized carbons (Fsp3) is 0.300. The van der Waals surface area contributed by atoms with Crippen LogP contribution in [0.2, 0.25) is 0 Å². The molecular weight excluding hydrogens is 255 g/mol. The number of carboxylic acid groups (broad SMARTS) is 1. The minimum Gasteiger partial charge on any atom is -0.481 e. The highest BCUT2D eigenvalue weighted by atomic mass is 35.5. The van der Waals surface area contributed by atoms with E-state index in [1.54, 1.807) is 0 Å². The van der Waals surface area contributed by atoms with Crippen LogP contribution in [0.25, 0.3) is 0 Å². The van der Waals surface area contributed by atoms with Crippen molar-refractivity contribution < 1.29 is 9.90 Å². The molecule has 1 aliphatic rings. The van der Waals surface area contributed by atoms with Crippen molar-refractivity contribution in [1.82, 2.24) is 0 Å². The summed E-state index contributed by atoms with van der Waals surface area (Å²) in [4.78, 5) is 11.8. The highest BCUT2D eigenvalue weighted by Gasteiger charge is 2.68. The largest absolute Gasteiger partial charge is 0.481 e. The highest BCUT2D eigenvalue weighted by Crippen LogP contribution is 2.61. The first-order valence-corrected chi connectivity index (χ1v) is 5.99. The maximum atomic E-state index is 10.8. The zero-order valence-corrected chi connectivity index (χ0v) is 9.89. The molecule has 0 aromatic heterocycles. The molecule has 1 aliphatic carbocycles. The number of carboxylic acids is 1. The van der Waals surface area contributed by atoms with Gasteiger partial charge in [0.2, 0.25) is 0 Å². The molecule has 5 heteroatoms. The van der Waals surface area contributed by atoms with Crippen LogP contribution in [-0.2, 0) is 4.79 Å². The predicted octanol–water partition coefficient (Wildman–Crippen LogP) is 3.04. The first kappa shape index (κ1) is 11.1. The number of rotatable bonds is 3. The Labute approximate surface area is 102 Å². The fourth-order valence-electron chi connectivity index (χ4n) is 1.39. The lowest BCUT2D eigenvalue weighted by atomic mass is 10.4. The molecule has 0 heterocycles. The maximum absolute atomic E-state index is 10.8. The van der Waals surface area contributed by atoms with E-state index in [1.165, 1.54) is 11.8 Å². The van der Waals surface area contributed by atoms with Crippen molar-refractivity contribution >= 4 is 40.9 Å². The van der Waals surface area contributed by atoms with Crippen LogP contribution in [0.15, 0.2) is 35.2 Å². The quantitative estimate of drug-likeness (QED) is 0.851. The van der Waals surface area contributed by atoms with E-state index < -0.39 is 16.2 Å². The van der Waals surface area contributed by atoms with Gasteiger partial charge in [-0.15, -0.1) is 11.8 Å². The van der Waals surface area contributed by atoms with Gasteiger partial charge in [-0.2, -0.15) is 0 Å². The molecule has 1 N–H and O–H groups in total. The maximum Gasteiger partial charge on any atom is 0.310 e. The first-order valence-electron chi connectivity index (χ1n) is 4.36. The smallest absolute Gasteiger partial charge is 0.310 e. The van der Waals surface area contributed by atoms with Gasteiger partial charge >= 0.3 is 5.97 Å². The number of alkyl halides is 2. The van der Waals surface area contributed by atoms with Gasteiger partial charge in [0.15, 0.2) is 0 Å². The zero-order chi connectivity index (χ0) is 11.1. The van der Waals surface area contributed by atoms with Crippen molar-refractivity contribution in [1.29, 1.82) is 0 Å². The van der Waals surface area contributed by atoms with Crippen LogP contribution in [0.4, 0.5) is 0 Å². The van der Waals surface area contributed by atoms with Crippen LogP contribution in [0.5, 0.6) is 0 Å². The molecule has 80 valence electrons. The average Bonchev–Trinajstić information content (AvgIpc) is 2.70. The number of aliphatic carboxylic acids is 1. The lowest BCUT2D eigenvalue weighted by Gasteiger charge is -1.99.